The molecule has 142 valence electrons. The maximum Gasteiger partial charge on any atom is 0.319 e. The molecule has 0 spiro atoms. The van der Waals surface area contributed by atoms with Crippen molar-refractivity contribution in [2.75, 3.05) is 16.8 Å². The zero-order valence-corrected chi connectivity index (χ0v) is 15.4. The van der Waals surface area contributed by atoms with Gasteiger partial charge in [0.1, 0.15) is 5.82 Å². The predicted octanol–water partition coefficient (Wildman–Crippen LogP) is 4.23. The quantitative estimate of drug-likeness (QED) is 0.801. The topological polar surface area (TPSA) is 61.4 Å². The summed E-state index contributed by atoms with van der Waals surface area (Å²) in [6.07, 6.45) is 3.18. The predicted molar refractivity (Wildman–Crippen MR) is 104 cm³/mol. The summed E-state index contributed by atoms with van der Waals surface area (Å²) in [7, 11) is 0. The fourth-order valence-corrected chi connectivity index (χ4v) is 3.16. The van der Waals surface area contributed by atoms with Gasteiger partial charge in [0.15, 0.2) is 0 Å². The van der Waals surface area contributed by atoms with E-state index in [0.717, 1.165) is 36.2 Å². The Morgan fingerprint density at radius 1 is 1.15 bits per heavy atom. The van der Waals surface area contributed by atoms with Crippen LogP contribution in [0.1, 0.15) is 37.3 Å². The molecular weight excluding hydrogens is 345 g/mol. The van der Waals surface area contributed by atoms with E-state index in [2.05, 4.69) is 17.6 Å². The summed E-state index contributed by atoms with van der Waals surface area (Å²) in [5.41, 5.74) is 3.52. The molecule has 0 atom stereocenters. The molecule has 0 radical (unpaired) electrons. The lowest BCUT2D eigenvalue weighted by Crippen LogP contribution is -2.36. The number of rotatable bonds is 6. The van der Waals surface area contributed by atoms with Gasteiger partial charge in [-0.3, -0.25) is 4.79 Å². The number of hydrogen-bond donors (Lipinski definition) is 2. The number of carbonyl (C=O) groups excluding carboxylic acids is 2. The number of fused-ring (bicyclic) bond motifs is 1. The van der Waals surface area contributed by atoms with Gasteiger partial charge in [-0.1, -0.05) is 25.5 Å². The van der Waals surface area contributed by atoms with E-state index in [4.69, 9.17) is 0 Å². The van der Waals surface area contributed by atoms with E-state index in [0.29, 0.717) is 25.1 Å². The highest BCUT2D eigenvalue weighted by Gasteiger charge is 2.23. The molecule has 0 aromatic heterocycles. The third-order valence-corrected chi connectivity index (χ3v) is 4.64. The number of carbonyl (C=O) groups is 2. The molecule has 0 unspecified atom stereocenters. The summed E-state index contributed by atoms with van der Waals surface area (Å²) in [6.45, 7) is 3.15. The fraction of sp³-hybridized carbons (Fsp3) is 0.333. The second-order valence-electron chi connectivity index (χ2n) is 6.68. The first-order chi connectivity index (χ1) is 13.1. The van der Waals surface area contributed by atoms with Gasteiger partial charge >= 0.3 is 6.03 Å². The van der Waals surface area contributed by atoms with Gasteiger partial charge in [-0.15, -0.1) is 0 Å². The van der Waals surface area contributed by atoms with Crippen LogP contribution in [0.25, 0.3) is 0 Å². The third kappa shape index (κ3) is 4.84. The Labute approximate surface area is 158 Å². The van der Waals surface area contributed by atoms with Crippen LogP contribution in [0, 0.1) is 5.82 Å². The van der Waals surface area contributed by atoms with Gasteiger partial charge in [0.2, 0.25) is 5.91 Å². The Bertz CT molecular complexity index is 821. The minimum atomic E-state index is -0.325. The van der Waals surface area contributed by atoms with Crippen LogP contribution in [0.2, 0.25) is 0 Å². The smallest absolute Gasteiger partial charge is 0.319 e. The maximum atomic E-state index is 12.9. The summed E-state index contributed by atoms with van der Waals surface area (Å²) in [5, 5.41) is 5.57. The van der Waals surface area contributed by atoms with Gasteiger partial charge in [-0.05, 0) is 54.3 Å². The number of benzene rings is 2. The van der Waals surface area contributed by atoms with Crippen molar-refractivity contribution in [2.24, 2.45) is 0 Å². The SMILES string of the molecule is CCCCN1C(=O)CCc2cc(NC(=O)NCc3ccc(F)cc3)ccc21. The first-order valence-electron chi connectivity index (χ1n) is 9.29. The van der Waals surface area contributed by atoms with Gasteiger partial charge in [0.05, 0.1) is 0 Å². The number of urea groups is 1. The van der Waals surface area contributed by atoms with Gasteiger partial charge in [0.25, 0.3) is 0 Å². The van der Waals surface area contributed by atoms with E-state index >= 15 is 0 Å². The van der Waals surface area contributed by atoms with Crippen molar-refractivity contribution in [1.29, 1.82) is 0 Å². The lowest BCUT2D eigenvalue weighted by molar-refractivity contribution is -0.118. The molecule has 0 fully saturated rings. The van der Waals surface area contributed by atoms with Crippen LogP contribution in [0.3, 0.4) is 0 Å². The normalized spacial score (nSPS) is 13.3. The number of unbranched alkanes of at least 4 members (excludes halogenated alkanes) is 1. The van der Waals surface area contributed by atoms with E-state index in [1.165, 1.54) is 12.1 Å². The van der Waals surface area contributed by atoms with Crippen LogP contribution in [-0.2, 0) is 17.8 Å². The average Bonchev–Trinajstić information content (AvgIpc) is 2.67. The molecule has 2 N–H and O–H groups in total. The third-order valence-electron chi connectivity index (χ3n) is 4.64. The molecular formula is C21H24FN3O2. The highest BCUT2D eigenvalue weighted by atomic mass is 19.1. The van der Waals surface area contributed by atoms with Crippen molar-refractivity contribution < 1.29 is 14.0 Å². The van der Waals surface area contributed by atoms with Crippen molar-refractivity contribution >= 4 is 23.3 Å². The average molecular weight is 369 g/mol. The van der Waals surface area contributed by atoms with E-state index in [9.17, 15) is 14.0 Å². The number of anilines is 2. The zero-order chi connectivity index (χ0) is 19.2. The second-order valence-corrected chi connectivity index (χ2v) is 6.68. The molecule has 2 aromatic rings. The van der Waals surface area contributed by atoms with Gasteiger partial charge in [-0.2, -0.15) is 0 Å². The second kappa shape index (κ2) is 8.66. The molecule has 3 rings (SSSR count). The standard InChI is InChI=1S/C21H24FN3O2/c1-2-3-12-25-19-10-9-18(13-16(19)6-11-20(25)26)24-21(27)23-14-15-4-7-17(22)8-5-15/h4-5,7-10,13H,2-3,6,11-12,14H2,1H3,(H2,23,24,27). The van der Waals surface area contributed by atoms with Crippen LogP contribution >= 0.6 is 0 Å². The van der Waals surface area contributed by atoms with Crippen LogP contribution in [-0.4, -0.2) is 18.5 Å². The molecule has 0 saturated carbocycles. The Balaban J connectivity index is 1.61. The number of nitrogens with zero attached hydrogens (tertiary/aromatic N) is 1. The van der Waals surface area contributed by atoms with Gasteiger partial charge in [0, 0.05) is 30.9 Å². The lowest BCUT2D eigenvalue weighted by Gasteiger charge is -2.29. The molecule has 2 aromatic carbocycles. The van der Waals surface area contributed by atoms with Gasteiger partial charge < -0.3 is 15.5 Å². The Kier molecular flexibility index (Phi) is 6.06. The van der Waals surface area contributed by atoms with E-state index in [-0.39, 0.29) is 17.8 Å². The molecule has 1 aliphatic rings. The Morgan fingerprint density at radius 3 is 2.67 bits per heavy atom. The first-order valence-corrected chi connectivity index (χ1v) is 9.29. The van der Waals surface area contributed by atoms with Crippen molar-refractivity contribution in [2.45, 2.75) is 39.2 Å². The number of hydrogen-bond acceptors (Lipinski definition) is 2. The zero-order valence-electron chi connectivity index (χ0n) is 15.4. The molecule has 5 nitrogen and oxygen atoms in total. The van der Waals surface area contributed by atoms with Crippen LogP contribution in [0.15, 0.2) is 42.5 Å². The van der Waals surface area contributed by atoms with E-state index in [1.807, 2.05) is 23.1 Å². The molecule has 1 aliphatic heterocycles. The van der Waals surface area contributed by atoms with Crippen molar-refractivity contribution in [3.63, 3.8) is 0 Å². The molecule has 6 heteroatoms. The highest BCUT2D eigenvalue weighted by Crippen LogP contribution is 2.30. The summed E-state index contributed by atoms with van der Waals surface area (Å²) in [5.74, 6) is -0.141. The minimum absolute atomic E-state index is 0.161. The molecule has 0 bridgehead atoms. The number of nitrogens with one attached hydrogen (secondary N) is 2. The molecule has 27 heavy (non-hydrogen) atoms. The van der Waals surface area contributed by atoms with Crippen LogP contribution in [0.4, 0.5) is 20.6 Å². The fourth-order valence-electron chi connectivity index (χ4n) is 3.16. The first kappa shape index (κ1) is 18.9. The highest BCUT2D eigenvalue weighted by molar-refractivity contribution is 5.97. The van der Waals surface area contributed by atoms with E-state index < -0.39 is 0 Å². The van der Waals surface area contributed by atoms with Crippen molar-refractivity contribution in [1.82, 2.24) is 5.32 Å². The Hall–Kier alpha value is -2.89. The van der Waals surface area contributed by atoms with Crippen molar-refractivity contribution in [3.05, 3.63) is 59.4 Å². The summed E-state index contributed by atoms with van der Waals surface area (Å²) >= 11 is 0. The molecule has 3 amide bonds. The number of aryl methyl sites for hydroxylation is 1. The largest absolute Gasteiger partial charge is 0.334 e. The molecule has 0 saturated heterocycles. The van der Waals surface area contributed by atoms with Crippen LogP contribution in [0.5, 0.6) is 0 Å². The van der Waals surface area contributed by atoms with E-state index in [1.54, 1.807) is 12.1 Å². The Morgan fingerprint density at radius 2 is 1.93 bits per heavy atom. The molecule has 0 aliphatic carbocycles. The van der Waals surface area contributed by atoms with Gasteiger partial charge in [-0.25, -0.2) is 9.18 Å². The van der Waals surface area contributed by atoms with Crippen LogP contribution < -0.4 is 15.5 Å². The summed E-state index contributed by atoms with van der Waals surface area (Å²) in [6, 6.07) is 11.3. The summed E-state index contributed by atoms with van der Waals surface area (Å²) in [4.78, 5) is 26.2. The monoisotopic (exact) mass is 369 g/mol. The molecule has 1 heterocycles. The lowest BCUT2D eigenvalue weighted by atomic mass is 10.00. The number of amides is 3. The maximum absolute atomic E-state index is 12.9. The van der Waals surface area contributed by atoms with Crippen molar-refractivity contribution in [3.8, 4) is 0 Å². The number of halogens is 1. The summed E-state index contributed by atoms with van der Waals surface area (Å²) < 4.78 is 12.9. The minimum Gasteiger partial charge on any atom is -0.334 e.